The van der Waals surface area contributed by atoms with E-state index in [1.807, 2.05) is 19.9 Å². The summed E-state index contributed by atoms with van der Waals surface area (Å²) in [5.74, 6) is 0. The first-order valence-electron chi connectivity index (χ1n) is 8.49. The van der Waals surface area contributed by atoms with E-state index in [-0.39, 0.29) is 10.8 Å². The van der Waals surface area contributed by atoms with Gasteiger partial charge < -0.3 is 4.98 Å². The highest BCUT2D eigenvalue weighted by Gasteiger charge is 2.20. The third-order valence-electron chi connectivity index (χ3n) is 4.49. The van der Waals surface area contributed by atoms with Gasteiger partial charge in [-0.2, -0.15) is 15.0 Å². The molecule has 0 saturated carbocycles. The van der Waals surface area contributed by atoms with Crippen LogP contribution in [0.15, 0.2) is 29.2 Å². The molecule has 0 spiro atoms. The Bertz CT molecular complexity index is 1040. The summed E-state index contributed by atoms with van der Waals surface area (Å²) < 4.78 is 0. The maximum atomic E-state index is 12.7. The highest BCUT2D eigenvalue weighted by molar-refractivity contribution is 6.31. The fourth-order valence-electron chi connectivity index (χ4n) is 3.16. The maximum Gasteiger partial charge on any atom is 0.191 e. The number of aryl methyl sites for hydroxylation is 3. The van der Waals surface area contributed by atoms with E-state index >= 15 is 0 Å². The zero-order chi connectivity index (χ0) is 19.2. The number of aromatic nitrogens is 4. The first-order valence-corrected chi connectivity index (χ1v) is 8.87. The van der Waals surface area contributed by atoms with Crippen molar-refractivity contribution < 1.29 is 0 Å². The number of hydrogen-bond donors (Lipinski definition) is 1. The third kappa shape index (κ3) is 3.31. The fourth-order valence-corrected chi connectivity index (χ4v) is 3.61. The Morgan fingerprint density at radius 1 is 1.15 bits per heavy atom. The summed E-state index contributed by atoms with van der Waals surface area (Å²) in [4.78, 5) is 17.5. The zero-order valence-electron chi connectivity index (χ0n) is 15.9. The molecule has 3 aromatic rings. The molecule has 0 fully saturated rings. The van der Waals surface area contributed by atoms with E-state index in [0.29, 0.717) is 16.3 Å². The highest BCUT2D eigenvalue weighted by Crippen LogP contribution is 2.35. The first kappa shape index (κ1) is 18.4. The van der Waals surface area contributed by atoms with Gasteiger partial charge in [-0.1, -0.05) is 38.4 Å². The number of H-pyrrole nitrogens is 1. The fraction of sp³-hybridized carbons (Fsp3) is 0.350. The molecule has 26 heavy (non-hydrogen) atoms. The van der Waals surface area contributed by atoms with Crippen molar-refractivity contribution in [3.63, 3.8) is 0 Å². The lowest BCUT2D eigenvalue weighted by Crippen LogP contribution is -2.13. The Balaban J connectivity index is 2.15. The topological polar surface area (TPSA) is 63.6 Å². The van der Waals surface area contributed by atoms with Gasteiger partial charge in [0.15, 0.2) is 5.43 Å². The van der Waals surface area contributed by atoms with E-state index in [1.54, 1.807) is 19.3 Å². The second kappa shape index (κ2) is 6.40. The highest BCUT2D eigenvalue weighted by atomic mass is 35.5. The summed E-state index contributed by atoms with van der Waals surface area (Å²) in [5, 5.41) is 8.99. The lowest BCUT2D eigenvalue weighted by Gasteiger charge is -2.22. The molecule has 136 valence electrons. The number of benzene rings is 1. The first-order chi connectivity index (χ1) is 12.1. The lowest BCUT2D eigenvalue weighted by atomic mass is 9.85. The largest absolute Gasteiger partial charge is 0.358 e. The predicted molar refractivity (Wildman–Crippen MR) is 106 cm³/mol. The van der Waals surface area contributed by atoms with E-state index in [0.717, 1.165) is 28.1 Å². The summed E-state index contributed by atoms with van der Waals surface area (Å²) >= 11 is 6.53. The van der Waals surface area contributed by atoms with Gasteiger partial charge in [0, 0.05) is 35.1 Å². The molecule has 2 aromatic heterocycles. The van der Waals surface area contributed by atoms with Gasteiger partial charge in [-0.25, -0.2) is 0 Å². The van der Waals surface area contributed by atoms with Crippen LogP contribution in [-0.4, -0.2) is 20.0 Å². The molecular formula is C20H23ClN4O. The minimum absolute atomic E-state index is 0.0421. The summed E-state index contributed by atoms with van der Waals surface area (Å²) in [6.07, 6.45) is 1.59. The van der Waals surface area contributed by atoms with Gasteiger partial charge in [0.2, 0.25) is 0 Å². The monoisotopic (exact) mass is 370 g/mol. The van der Waals surface area contributed by atoms with Gasteiger partial charge in [-0.15, -0.1) is 0 Å². The lowest BCUT2D eigenvalue weighted by molar-refractivity contribution is 0.590. The molecule has 5 nitrogen and oxygen atoms in total. The molecule has 1 N–H and O–H groups in total. The number of pyridine rings is 1. The average molecular weight is 371 g/mol. The van der Waals surface area contributed by atoms with Gasteiger partial charge in [0.1, 0.15) is 5.69 Å². The number of halogens is 1. The number of nitrogens with zero attached hydrogens (tertiary/aromatic N) is 3. The Hall–Kier alpha value is -2.40. The molecule has 0 saturated heterocycles. The maximum absolute atomic E-state index is 12.7. The third-order valence-corrected chi connectivity index (χ3v) is 4.80. The number of aromatic amines is 1. The van der Waals surface area contributed by atoms with Crippen LogP contribution in [-0.2, 0) is 12.5 Å². The van der Waals surface area contributed by atoms with Crippen LogP contribution in [0.25, 0.3) is 22.5 Å². The number of hydrogen-bond acceptors (Lipinski definition) is 3. The Morgan fingerprint density at radius 3 is 2.38 bits per heavy atom. The molecule has 0 atom stereocenters. The molecule has 6 heteroatoms. The van der Waals surface area contributed by atoms with Crippen molar-refractivity contribution in [3.05, 3.63) is 56.5 Å². The zero-order valence-corrected chi connectivity index (χ0v) is 16.7. The normalized spacial score (nSPS) is 11.8. The van der Waals surface area contributed by atoms with Gasteiger partial charge >= 0.3 is 0 Å². The summed E-state index contributed by atoms with van der Waals surface area (Å²) in [7, 11) is 1.73. The van der Waals surface area contributed by atoms with Crippen LogP contribution in [0.2, 0.25) is 5.02 Å². The predicted octanol–water partition coefficient (Wildman–Crippen LogP) is 4.41. The molecule has 0 aliphatic heterocycles. The number of rotatable bonds is 2. The van der Waals surface area contributed by atoms with E-state index in [9.17, 15) is 4.79 Å². The molecule has 0 amide bonds. The van der Waals surface area contributed by atoms with Gasteiger partial charge in [-0.3, -0.25) is 4.79 Å². The molecule has 1 aromatic carbocycles. The quantitative estimate of drug-likeness (QED) is 0.726. The molecule has 3 rings (SSSR count). The van der Waals surface area contributed by atoms with Crippen LogP contribution in [0, 0.1) is 13.8 Å². The van der Waals surface area contributed by atoms with E-state index < -0.39 is 0 Å². The van der Waals surface area contributed by atoms with E-state index in [4.69, 9.17) is 11.6 Å². The summed E-state index contributed by atoms with van der Waals surface area (Å²) in [6, 6.07) is 5.64. The Labute approximate surface area is 158 Å². The molecule has 0 aliphatic carbocycles. The Kier molecular flexibility index (Phi) is 4.53. The van der Waals surface area contributed by atoms with Gasteiger partial charge in [-0.05, 0) is 36.5 Å². The van der Waals surface area contributed by atoms with Crippen LogP contribution in [0.3, 0.4) is 0 Å². The minimum Gasteiger partial charge on any atom is -0.358 e. The molecule has 0 radical (unpaired) electrons. The van der Waals surface area contributed by atoms with Crippen molar-refractivity contribution in [1.29, 1.82) is 0 Å². The minimum atomic E-state index is -0.0906. The van der Waals surface area contributed by atoms with Gasteiger partial charge in [0.05, 0.1) is 11.8 Å². The number of nitrogens with one attached hydrogen (secondary N) is 1. The Morgan fingerprint density at radius 2 is 1.85 bits per heavy atom. The molecule has 2 heterocycles. The van der Waals surface area contributed by atoms with Crippen LogP contribution in [0.1, 0.15) is 37.6 Å². The van der Waals surface area contributed by atoms with Crippen LogP contribution in [0.5, 0.6) is 0 Å². The van der Waals surface area contributed by atoms with Crippen LogP contribution < -0.4 is 5.43 Å². The smallest absolute Gasteiger partial charge is 0.191 e. The second-order valence-electron chi connectivity index (χ2n) is 7.66. The second-order valence-corrected chi connectivity index (χ2v) is 8.07. The van der Waals surface area contributed by atoms with Crippen LogP contribution in [0.4, 0.5) is 0 Å². The van der Waals surface area contributed by atoms with Gasteiger partial charge in [0.25, 0.3) is 0 Å². The SMILES string of the molecule is Cc1cc(C(C)(C)C)c(Cl)cc1-c1cc(=O)c(-c2cnn(C)n2)c(C)[nH]1. The van der Waals surface area contributed by atoms with E-state index in [2.05, 4.69) is 42.0 Å². The summed E-state index contributed by atoms with van der Waals surface area (Å²) in [5.41, 5.74) is 5.56. The van der Waals surface area contributed by atoms with E-state index in [1.165, 1.54) is 4.80 Å². The molecule has 0 aliphatic rings. The average Bonchev–Trinajstić information content (AvgIpc) is 2.93. The van der Waals surface area contributed by atoms with Crippen molar-refractivity contribution in [2.24, 2.45) is 7.05 Å². The van der Waals surface area contributed by atoms with Crippen molar-refractivity contribution >= 4 is 11.6 Å². The van der Waals surface area contributed by atoms with Crippen molar-refractivity contribution in [2.75, 3.05) is 0 Å². The molecule has 0 bridgehead atoms. The molecular weight excluding hydrogens is 348 g/mol. The summed E-state index contributed by atoms with van der Waals surface area (Å²) in [6.45, 7) is 10.3. The van der Waals surface area contributed by atoms with Crippen molar-refractivity contribution in [2.45, 2.75) is 40.0 Å². The molecule has 0 unspecified atom stereocenters. The van der Waals surface area contributed by atoms with Crippen molar-refractivity contribution in [1.82, 2.24) is 20.0 Å². The van der Waals surface area contributed by atoms with Crippen molar-refractivity contribution in [3.8, 4) is 22.5 Å². The van der Waals surface area contributed by atoms with Crippen LogP contribution >= 0.6 is 11.6 Å². The standard InChI is InChI=1S/C20H23ClN4O/c1-11-7-14(20(3,4)5)15(21)8-13(11)16-9-18(26)19(12(2)23-16)17-10-22-25(6)24-17/h7-10H,1-6H3,(H,23,26).